The summed E-state index contributed by atoms with van der Waals surface area (Å²) < 4.78 is 5.99. The molecular weight excluding hydrogens is 270 g/mol. The molecule has 0 saturated carbocycles. The molecule has 2 aromatic rings. The molecule has 0 radical (unpaired) electrons. The maximum absolute atomic E-state index is 4.89. The first-order chi connectivity index (χ1) is 7.65. The average molecular weight is 282 g/mol. The first-order valence-corrected chi connectivity index (χ1v) is 5.73. The summed E-state index contributed by atoms with van der Waals surface area (Å²) in [6, 6.07) is 6.08. The van der Waals surface area contributed by atoms with Gasteiger partial charge in [-0.1, -0.05) is 21.1 Å². The van der Waals surface area contributed by atoms with Gasteiger partial charge in [-0.3, -0.25) is 0 Å². The molecule has 0 amide bonds. The molecule has 0 bridgehead atoms. The second-order valence-electron chi connectivity index (χ2n) is 3.55. The third-order valence-electron chi connectivity index (χ3n) is 2.18. The molecule has 0 aliphatic heterocycles. The van der Waals surface area contributed by atoms with Crippen molar-refractivity contribution in [3.63, 3.8) is 0 Å². The molecule has 0 fully saturated rings. The summed E-state index contributed by atoms with van der Waals surface area (Å²) in [5.41, 5.74) is 2.23. The highest BCUT2D eigenvalue weighted by molar-refractivity contribution is 9.10. The number of nitrogens with zero attached hydrogens (tertiary/aromatic N) is 2. The molecular formula is C11H12BrN3O. The second-order valence-corrected chi connectivity index (χ2v) is 4.40. The lowest BCUT2D eigenvalue weighted by Gasteiger charge is -2.05. The van der Waals surface area contributed by atoms with E-state index >= 15 is 0 Å². The molecule has 0 unspecified atom stereocenters. The van der Waals surface area contributed by atoms with Crippen molar-refractivity contribution in [1.29, 1.82) is 0 Å². The van der Waals surface area contributed by atoms with Crippen molar-refractivity contribution in [2.45, 2.75) is 20.4 Å². The molecule has 1 N–H and O–H groups in total. The normalized spacial score (nSPS) is 10.4. The SMILES string of the molecule is Cc1nc(CNc2ccc(Br)c(C)c2)no1. The van der Waals surface area contributed by atoms with Crippen LogP contribution in [0.3, 0.4) is 0 Å². The Morgan fingerprint density at radius 2 is 2.19 bits per heavy atom. The van der Waals surface area contributed by atoms with Gasteiger partial charge in [-0.15, -0.1) is 0 Å². The number of rotatable bonds is 3. The lowest BCUT2D eigenvalue weighted by atomic mass is 10.2. The van der Waals surface area contributed by atoms with Crippen molar-refractivity contribution in [2.24, 2.45) is 0 Å². The Bertz CT molecular complexity index is 496. The minimum absolute atomic E-state index is 0.568. The molecule has 1 aromatic carbocycles. The summed E-state index contributed by atoms with van der Waals surface area (Å²) >= 11 is 3.46. The van der Waals surface area contributed by atoms with Gasteiger partial charge in [-0.25, -0.2) is 0 Å². The Morgan fingerprint density at radius 1 is 1.38 bits per heavy atom. The van der Waals surface area contributed by atoms with E-state index in [0.29, 0.717) is 18.3 Å². The Morgan fingerprint density at radius 3 is 2.81 bits per heavy atom. The van der Waals surface area contributed by atoms with E-state index in [1.54, 1.807) is 6.92 Å². The summed E-state index contributed by atoms with van der Waals surface area (Å²) in [6.45, 7) is 4.40. The topological polar surface area (TPSA) is 51.0 Å². The molecule has 4 nitrogen and oxygen atoms in total. The number of aryl methyl sites for hydroxylation is 2. The predicted molar refractivity (Wildman–Crippen MR) is 65.2 cm³/mol. The molecule has 84 valence electrons. The molecule has 2 rings (SSSR count). The quantitative estimate of drug-likeness (QED) is 0.940. The number of hydrogen-bond acceptors (Lipinski definition) is 4. The number of hydrogen-bond donors (Lipinski definition) is 1. The Kier molecular flexibility index (Phi) is 3.24. The van der Waals surface area contributed by atoms with Crippen LogP contribution in [0.15, 0.2) is 27.2 Å². The predicted octanol–water partition coefficient (Wildman–Crippen LogP) is 3.06. The summed E-state index contributed by atoms with van der Waals surface area (Å²) in [5.74, 6) is 1.25. The summed E-state index contributed by atoms with van der Waals surface area (Å²) in [7, 11) is 0. The van der Waals surface area contributed by atoms with Gasteiger partial charge in [0.15, 0.2) is 5.82 Å². The number of benzene rings is 1. The maximum atomic E-state index is 4.89. The molecule has 1 aromatic heterocycles. The number of halogens is 1. The monoisotopic (exact) mass is 281 g/mol. The van der Waals surface area contributed by atoms with E-state index in [2.05, 4.69) is 37.5 Å². The van der Waals surface area contributed by atoms with Crippen molar-refractivity contribution in [3.05, 3.63) is 40.0 Å². The van der Waals surface area contributed by atoms with Gasteiger partial charge in [-0.05, 0) is 30.7 Å². The smallest absolute Gasteiger partial charge is 0.223 e. The number of anilines is 1. The van der Waals surface area contributed by atoms with Crippen LogP contribution in [0.25, 0.3) is 0 Å². The van der Waals surface area contributed by atoms with Crippen molar-refractivity contribution in [1.82, 2.24) is 10.1 Å². The second kappa shape index (κ2) is 4.65. The highest BCUT2D eigenvalue weighted by atomic mass is 79.9. The Labute approximate surface area is 102 Å². The lowest BCUT2D eigenvalue weighted by Crippen LogP contribution is -2.01. The minimum Gasteiger partial charge on any atom is -0.378 e. The minimum atomic E-state index is 0.568. The van der Waals surface area contributed by atoms with Gasteiger partial charge in [0.05, 0.1) is 6.54 Å². The van der Waals surface area contributed by atoms with E-state index in [1.165, 1.54) is 5.56 Å². The van der Waals surface area contributed by atoms with Crippen LogP contribution >= 0.6 is 15.9 Å². The van der Waals surface area contributed by atoms with Gasteiger partial charge in [0.1, 0.15) is 0 Å². The maximum Gasteiger partial charge on any atom is 0.223 e. The first kappa shape index (κ1) is 11.1. The van der Waals surface area contributed by atoms with Gasteiger partial charge in [0.25, 0.3) is 0 Å². The van der Waals surface area contributed by atoms with E-state index in [0.717, 1.165) is 10.2 Å². The molecule has 0 saturated heterocycles. The third-order valence-corrected chi connectivity index (χ3v) is 3.07. The van der Waals surface area contributed by atoms with E-state index < -0.39 is 0 Å². The molecule has 1 heterocycles. The van der Waals surface area contributed by atoms with Crippen LogP contribution in [0.2, 0.25) is 0 Å². The van der Waals surface area contributed by atoms with Crippen LogP contribution in [0.1, 0.15) is 17.3 Å². The van der Waals surface area contributed by atoms with E-state index in [9.17, 15) is 0 Å². The van der Waals surface area contributed by atoms with Gasteiger partial charge in [-0.2, -0.15) is 4.98 Å². The van der Waals surface area contributed by atoms with Crippen LogP contribution in [0, 0.1) is 13.8 Å². The standard InChI is InChI=1S/C11H12BrN3O/c1-7-5-9(3-4-10(7)12)13-6-11-14-8(2)16-15-11/h3-5,13H,6H2,1-2H3. The zero-order chi connectivity index (χ0) is 11.5. The average Bonchev–Trinajstić information content (AvgIpc) is 2.66. The molecule has 16 heavy (non-hydrogen) atoms. The lowest BCUT2D eigenvalue weighted by molar-refractivity contribution is 0.388. The van der Waals surface area contributed by atoms with Crippen LogP contribution < -0.4 is 5.32 Å². The molecule has 0 spiro atoms. The Balaban J connectivity index is 2.02. The van der Waals surface area contributed by atoms with Crippen molar-refractivity contribution < 1.29 is 4.52 Å². The van der Waals surface area contributed by atoms with Crippen molar-refractivity contribution >= 4 is 21.6 Å². The fraction of sp³-hybridized carbons (Fsp3) is 0.273. The van der Waals surface area contributed by atoms with Gasteiger partial charge in [0.2, 0.25) is 5.89 Å². The fourth-order valence-electron chi connectivity index (χ4n) is 1.35. The molecule has 0 aliphatic rings. The van der Waals surface area contributed by atoms with Gasteiger partial charge < -0.3 is 9.84 Å². The molecule has 5 heteroatoms. The zero-order valence-electron chi connectivity index (χ0n) is 9.12. The van der Waals surface area contributed by atoms with Gasteiger partial charge >= 0.3 is 0 Å². The van der Waals surface area contributed by atoms with E-state index in [1.807, 2.05) is 19.1 Å². The van der Waals surface area contributed by atoms with Crippen LogP contribution in [0.5, 0.6) is 0 Å². The van der Waals surface area contributed by atoms with Crippen molar-refractivity contribution in [2.75, 3.05) is 5.32 Å². The third kappa shape index (κ3) is 2.61. The van der Waals surface area contributed by atoms with Gasteiger partial charge in [0, 0.05) is 17.1 Å². The highest BCUT2D eigenvalue weighted by Gasteiger charge is 2.02. The van der Waals surface area contributed by atoms with E-state index in [-0.39, 0.29) is 0 Å². The van der Waals surface area contributed by atoms with Crippen molar-refractivity contribution in [3.8, 4) is 0 Å². The molecule has 0 aliphatic carbocycles. The van der Waals surface area contributed by atoms with E-state index in [4.69, 9.17) is 4.52 Å². The molecule has 0 atom stereocenters. The Hall–Kier alpha value is -1.36. The number of nitrogens with one attached hydrogen (secondary N) is 1. The summed E-state index contributed by atoms with van der Waals surface area (Å²) in [5, 5.41) is 7.05. The summed E-state index contributed by atoms with van der Waals surface area (Å²) in [4.78, 5) is 4.12. The first-order valence-electron chi connectivity index (χ1n) is 4.94. The highest BCUT2D eigenvalue weighted by Crippen LogP contribution is 2.20. The van der Waals surface area contributed by atoms with Crippen LogP contribution in [0.4, 0.5) is 5.69 Å². The van der Waals surface area contributed by atoms with Crippen LogP contribution in [-0.4, -0.2) is 10.1 Å². The van der Waals surface area contributed by atoms with Crippen LogP contribution in [-0.2, 0) is 6.54 Å². The zero-order valence-corrected chi connectivity index (χ0v) is 10.7. The fourth-order valence-corrected chi connectivity index (χ4v) is 1.60. The largest absolute Gasteiger partial charge is 0.378 e. The number of aromatic nitrogens is 2. The summed E-state index contributed by atoms with van der Waals surface area (Å²) in [6.07, 6.45) is 0.